The van der Waals surface area contributed by atoms with Gasteiger partial charge in [0, 0.05) is 20.1 Å². The van der Waals surface area contributed by atoms with Gasteiger partial charge in [-0.3, -0.25) is 4.79 Å². The van der Waals surface area contributed by atoms with Gasteiger partial charge in [0.15, 0.2) is 0 Å². The summed E-state index contributed by atoms with van der Waals surface area (Å²) < 4.78 is 0. The van der Waals surface area contributed by atoms with Crippen LogP contribution in [0.15, 0.2) is 18.2 Å². The molecule has 0 aromatic heterocycles. The smallest absolute Gasteiger partial charge is 0.239 e. The Morgan fingerprint density at radius 2 is 2.10 bits per heavy atom. The molecule has 1 rings (SSSR count). The summed E-state index contributed by atoms with van der Waals surface area (Å²) in [7, 11) is 3.77. The predicted molar refractivity (Wildman–Crippen MR) is 85.3 cm³/mol. The number of amides is 1. The highest BCUT2D eigenvalue weighted by molar-refractivity contribution is 6.33. The summed E-state index contributed by atoms with van der Waals surface area (Å²) in [5, 5.41) is 6.69. The summed E-state index contributed by atoms with van der Waals surface area (Å²) in [5.41, 5.74) is 1.99. The first-order valence-electron chi connectivity index (χ1n) is 6.85. The summed E-state index contributed by atoms with van der Waals surface area (Å²) in [5.74, 6) is 0.459. The van der Waals surface area contributed by atoms with Crippen molar-refractivity contribution in [2.24, 2.45) is 5.92 Å². The first-order valence-corrected chi connectivity index (χ1v) is 7.23. The van der Waals surface area contributed by atoms with Crippen LogP contribution >= 0.6 is 11.6 Å². The van der Waals surface area contributed by atoms with Crippen molar-refractivity contribution in [3.05, 3.63) is 28.8 Å². The van der Waals surface area contributed by atoms with Crippen molar-refractivity contribution in [2.75, 3.05) is 32.1 Å². The molecule has 0 bridgehead atoms. The average molecular weight is 298 g/mol. The molecule has 0 fully saturated rings. The molecule has 1 aromatic carbocycles. The van der Waals surface area contributed by atoms with E-state index >= 15 is 0 Å². The first-order chi connectivity index (χ1) is 9.45. The van der Waals surface area contributed by atoms with Gasteiger partial charge in [-0.1, -0.05) is 37.6 Å². The molecule has 0 saturated carbocycles. The molecular formula is C15H24ClN3O. The van der Waals surface area contributed by atoms with Crippen LogP contribution < -0.4 is 15.5 Å². The highest BCUT2D eigenvalue weighted by atomic mass is 35.5. The molecule has 1 amide bonds. The van der Waals surface area contributed by atoms with Gasteiger partial charge in [-0.25, -0.2) is 0 Å². The Balaban J connectivity index is 2.76. The van der Waals surface area contributed by atoms with E-state index in [1.807, 2.05) is 37.2 Å². The fourth-order valence-electron chi connectivity index (χ4n) is 1.99. The first kappa shape index (κ1) is 16.8. The van der Waals surface area contributed by atoms with Crippen molar-refractivity contribution < 1.29 is 4.79 Å². The number of para-hydroxylation sites is 1. The topological polar surface area (TPSA) is 44.4 Å². The minimum Gasteiger partial charge on any atom is -0.364 e. The van der Waals surface area contributed by atoms with Crippen LogP contribution in [0.3, 0.4) is 0 Å². The van der Waals surface area contributed by atoms with Crippen LogP contribution in [0.4, 0.5) is 5.69 Å². The largest absolute Gasteiger partial charge is 0.364 e. The van der Waals surface area contributed by atoms with E-state index in [2.05, 4.69) is 24.5 Å². The molecular weight excluding hydrogens is 274 g/mol. The molecule has 2 N–H and O–H groups in total. The fraction of sp³-hybridized carbons (Fsp3) is 0.533. The minimum absolute atomic E-state index is 0.0107. The minimum atomic E-state index is 0.0107. The summed E-state index contributed by atoms with van der Waals surface area (Å²) in [4.78, 5) is 13.8. The molecule has 0 saturated heterocycles. The number of carbonyl (C=O) groups is 1. The van der Waals surface area contributed by atoms with Crippen LogP contribution in [0.25, 0.3) is 0 Å². The van der Waals surface area contributed by atoms with Gasteiger partial charge < -0.3 is 15.5 Å². The van der Waals surface area contributed by atoms with E-state index in [9.17, 15) is 4.79 Å². The number of benzene rings is 1. The van der Waals surface area contributed by atoms with Crippen molar-refractivity contribution in [1.29, 1.82) is 0 Å². The molecule has 20 heavy (non-hydrogen) atoms. The number of rotatable bonds is 7. The van der Waals surface area contributed by atoms with Crippen LogP contribution in [0.1, 0.15) is 19.4 Å². The quantitative estimate of drug-likeness (QED) is 0.811. The van der Waals surface area contributed by atoms with Gasteiger partial charge in [0.25, 0.3) is 0 Å². The fourth-order valence-corrected chi connectivity index (χ4v) is 2.33. The third-order valence-electron chi connectivity index (χ3n) is 2.91. The molecule has 0 aliphatic rings. The normalized spacial score (nSPS) is 10.7. The maximum Gasteiger partial charge on any atom is 0.239 e. The number of anilines is 1. The van der Waals surface area contributed by atoms with Gasteiger partial charge in [-0.15, -0.1) is 0 Å². The molecule has 0 radical (unpaired) electrons. The lowest BCUT2D eigenvalue weighted by Gasteiger charge is -2.23. The average Bonchev–Trinajstić information content (AvgIpc) is 2.36. The zero-order chi connectivity index (χ0) is 15.1. The molecule has 0 atom stereocenters. The summed E-state index contributed by atoms with van der Waals surface area (Å²) >= 11 is 6.27. The number of hydrogen-bond donors (Lipinski definition) is 2. The van der Waals surface area contributed by atoms with E-state index in [1.165, 1.54) is 0 Å². The molecule has 0 aliphatic carbocycles. The van der Waals surface area contributed by atoms with E-state index in [0.29, 0.717) is 30.6 Å². The zero-order valence-electron chi connectivity index (χ0n) is 12.7. The summed E-state index contributed by atoms with van der Waals surface area (Å²) in [6.07, 6.45) is 0. The highest BCUT2D eigenvalue weighted by Crippen LogP contribution is 2.28. The van der Waals surface area contributed by atoms with Crippen LogP contribution in [-0.4, -0.2) is 33.1 Å². The van der Waals surface area contributed by atoms with Crippen LogP contribution in [0, 0.1) is 5.92 Å². The second kappa shape index (κ2) is 8.12. The molecule has 0 spiro atoms. The lowest BCUT2D eigenvalue weighted by atomic mass is 10.1. The van der Waals surface area contributed by atoms with Crippen molar-refractivity contribution >= 4 is 23.2 Å². The van der Waals surface area contributed by atoms with Crippen molar-refractivity contribution in [1.82, 2.24) is 10.6 Å². The Morgan fingerprint density at radius 1 is 1.40 bits per heavy atom. The lowest BCUT2D eigenvalue weighted by molar-refractivity contribution is -0.119. The molecule has 4 nitrogen and oxygen atoms in total. The zero-order valence-corrected chi connectivity index (χ0v) is 13.4. The van der Waals surface area contributed by atoms with E-state index in [4.69, 9.17) is 11.6 Å². The number of likely N-dealkylation sites (N-methyl/N-ethyl adjacent to an activating group) is 1. The molecule has 112 valence electrons. The monoisotopic (exact) mass is 297 g/mol. The molecule has 5 heteroatoms. The second-order valence-corrected chi connectivity index (χ2v) is 5.74. The van der Waals surface area contributed by atoms with E-state index < -0.39 is 0 Å². The van der Waals surface area contributed by atoms with Gasteiger partial charge in [-0.2, -0.15) is 0 Å². The van der Waals surface area contributed by atoms with Gasteiger partial charge in [0.1, 0.15) is 0 Å². The van der Waals surface area contributed by atoms with Crippen LogP contribution in [0.2, 0.25) is 5.02 Å². The standard InChI is InChI=1S/C15H24ClN3O/c1-11(2)8-18-14(20)10-19(4)15-12(9-17-3)6-5-7-13(15)16/h5-7,11,17H,8-10H2,1-4H3,(H,18,20). The third-order valence-corrected chi connectivity index (χ3v) is 3.21. The SMILES string of the molecule is CNCc1cccc(Cl)c1N(C)CC(=O)NCC(C)C. The lowest BCUT2D eigenvalue weighted by Crippen LogP contribution is -2.37. The molecule has 0 heterocycles. The number of hydrogen-bond acceptors (Lipinski definition) is 3. The van der Waals surface area contributed by atoms with E-state index in [-0.39, 0.29) is 5.91 Å². The number of halogens is 1. The maximum atomic E-state index is 11.9. The predicted octanol–water partition coefficient (Wildman–Crippen LogP) is 2.27. The van der Waals surface area contributed by atoms with Gasteiger partial charge in [0.2, 0.25) is 5.91 Å². The Morgan fingerprint density at radius 3 is 2.70 bits per heavy atom. The van der Waals surface area contributed by atoms with Crippen molar-refractivity contribution in [2.45, 2.75) is 20.4 Å². The second-order valence-electron chi connectivity index (χ2n) is 5.33. The van der Waals surface area contributed by atoms with E-state index in [1.54, 1.807) is 0 Å². The van der Waals surface area contributed by atoms with Crippen LogP contribution in [-0.2, 0) is 11.3 Å². The maximum absolute atomic E-state index is 11.9. The summed E-state index contributed by atoms with van der Waals surface area (Å²) in [6.45, 7) is 5.85. The van der Waals surface area contributed by atoms with Crippen LogP contribution in [0.5, 0.6) is 0 Å². The molecule has 0 aliphatic heterocycles. The van der Waals surface area contributed by atoms with Gasteiger partial charge in [0.05, 0.1) is 17.3 Å². The highest BCUT2D eigenvalue weighted by Gasteiger charge is 2.14. The van der Waals surface area contributed by atoms with Gasteiger partial charge >= 0.3 is 0 Å². The summed E-state index contributed by atoms with van der Waals surface area (Å²) in [6, 6.07) is 5.78. The van der Waals surface area contributed by atoms with Crippen molar-refractivity contribution in [3.63, 3.8) is 0 Å². The Hall–Kier alpha value is -1.26. The van der Waals surface area contributed by atoms with E-state index in [0.717, 1.165) is 11.3 Å². The third kappa shape index (κ3) is 5.02. The Bertz CT molecular complexity index is 449. The molecule has 1 aromatic rings. The van der Waals surface area contributed by atoms with Crippen molar-refractivity contribution in [3.8, 4) is 0 Å². The molecule has 0 unspecified atom stereocenters. The van der Waals surface area contributed by atoms with Gasteiger partial charge in [-0.05, 0) is 24.6 Å². The number of carbonyl (C=O) groups excluding carboxylic acids is 1. The Labute approximate surface area is 126 Å². The number of nitrogens with one attached hydrogen (secondary N) is 2. The number of nitrogens with zero attached hydrogens (tertiary/aromatic N) is 1. The Kier molecular flexibility index (Phi) is 6.82.